The van der Waals surface area contributed by atoms with E-state index in [0.29, 0.717) is 45.5 Å². The zero-order valence-electron chi connectivity index (χ0n) is 17.7. The predicted octanol–water partition coefficient (Wildman–Crippen LogP) is 5.19. The molecule has 5 rings (SSSR count). The topological polar surface area (TPSA) is 79.8 Å². The predicted molar refractivity (Wildman–Crippen MR) is 127 cm³/mol. The van der Waals surface area contributed by atoms with E-state index in [-0.39, 0.29) is 17.5 Å². The highest BCUT2D eigenvalue weighted by Crippen LogP contribution is 2.33. The number of carbonyl (C=O) groups is 1. The first-order chi connectivity index (χ1) is 15.3. The number of fused-ring (bicyclic) bond motifs is 3. The van der Waals surface area contributed by atoms with E-state index < -0.39 is 6.04 Å². The summed E-state index contributed by atoms with van der Waals surface area (Å²) in [6.07, 6.45) is 2.92. The van der Waals surface area contributed by atoms with Crippen molar-refractivity contribution in [2.45, 2.75) is 38.8 Å². The summed E-state index contributed by atoms with van der Waals surface area (Å²) in [5, 5.41) is 5.11. The van der Waals surface area contributed by atoms with Crippen LogP contribution in [0.2, 0.25) is 10.0 Å². The molecule has 2 aromatic carbocycles. The molecule has 3 heterocycles. The van der Waals surface area contributed by atoms with E-state index in [1.807, 2.05) is 30.5 Å². The number of carbonyl (C=O) groups excluding carboxylic acids is 1. The summed E-state index contributed by atoms with van der Waals surface area (Å²) in [5.74, 6) is 0.641. The Bertz CT molecular complexity index is 1420. The molecule has 0 saturated carbocycles. The van der Waals surface area contributed by atoms with Gasteiger partial charge in [0.25, 0.3) is 5.56 Å². The van der Waals surface area contributed by atoms with Gasteiger partial charge in [-0.1, -0.05) is 55.2 Å². The molecule has 1 aliphatic heterocycles. The minimum atomic E-state index is -0.727. The summed E-state index contributed by atoms with van der Waals surface area (Å²) >= 11 is 12.6. The first-order valence-corrected chi connectivity index (χ1v) is 11.4. The van der Waals surface area contributed by atoms with Gasteiger partial charge in [-0.3, -0.25) is 14.2 Å². The summed E-state index contributed by atoms with van der Waals surface area (Å²) < 4.78 is 1.54. The van der Waals surface area contributed by atoms with Gasteiger partial charge >= 0.3 is 0 Å². The van der Waals surface area contributed by atoms with Gasteiger partial charge in [0.05, 0.1) is 22.0 Å². The summed E-state index contributed by atoms with van der Waals surface area (Å²) in [6, 6.07) is 9.95. The molecule has 1 amide bonds. The highest BCUT2D eigenvalue weighted by Gasteiger charge is 2.36. The van der Waals surface area contributed by atoms with Gasteiger partial charge in [-0.2, -0.15) is 0 Å². The maximum Gasteiger partial charge on any atom is 0.262 e. The molecule has 0 bridgehead atoms. The van der Waals surface area contributed by atoms with Crippen LogP contribution in [-0.4, -0.2) is 20.4 Å². The van der Waals surface area contributed by atoms with Crippen molar-refractivity contribution >= 4 is 50.9 Å². The van der Waals surface area contributed by atoms with Crippen LogP contribution < -0.4 is 10.9 Å². The molecule has 1 aliphatic rings. The van der Waals surface area contributed by atoms with E-state index in [9.17, 15) is 9.59 Å². The number of hydrogen-bond donors (Lipinski definition) is 2. The fourth-order valence-corrected chi connectivity index (χ4v) is 5.11. The Balaban J connectivity index is 1.72. The van der Waals surface area contributed by atoms with Gasteiger partial charge in [0.2, 0.25) is 5.91 Å². The van der Waals surface area contributed by atoms with Crippen molar-refractivity contribution in [3.63, 3.8) is 0 Å². The van der Waals surface area contributed by atoms with Crippen LogP contribution >= 0.6 is 23.2 Å². The summed E-state index contributed by atoms with van der Waals surface area (Å²) in [7, 11) is 0. The minimum Gasteiger partial charge on any atom is -0.361 e. The van der Waals surface area contributed by atoms with Crippen molar-refractivity contribution in [1.82, 2.24) is 19.9 Å². The molecule has 6 nitrogen and oxygen atoms in total. The van der Waals surface area contributed by atoms with Crippen LogP contribution in [0.1, 0.15) is 43.7 Å². The molecule has 32 heavy (non-hydrogen) atoms. The van der Waals surface area contributed by atoms with E-state index in [4.69, 9.17) is 28.2 Å². The maximum absolute atomic E-state index is 13.7. The van der Waals surface area contributed by atoms with Gasteiger partial charge in [0, 0.05) is 28.5 Å². The number of benzene rings is 2. The lowest BCUT2D eigenvalue weighted by molar-refractivity contribution is -0.126. The van der Waals surface area contributed by atoms with E-state index in [1.165, 1.54) is 0 Å². The normalized spacial score (nSPS) is 18.3. The first-order valence-electron chi connectivity index (χ1n) is 10.6. The van der Waals surface area contributed by atoms with E-state index in [2.05, 4.69) is 24.1 Å². The Labute approximate surface area is 194 Å². The van der Waals surface area contributed by atoms with Crippen LogP contribution in [0.15, 0.2) is 47.4 Å². The van der Waals surface area contributed by atoms with Gasteiger partial charge in [-0.25, -0.2) is 4.98 Å². The molecular weight excluding hydrogens is 447 g/mol. The number of hydrogen-bond acceptors (Lipinski definition) is 3. The van der Waals surface area contributed by atoms with Crippen molar-refractivity contribution in [3.8, 4) is 0 Å². The summed E-state index contributed by atoms with van der Waals surface area (Å²) in [6.45, 7) is 4.14. The Morgan fingerprint density at radius 2 is 1.91 bits per heavy atom. The second kappa shape index (κ2) is 7.94. The third kappa shape index (κ3) is 3.48. The molecule has 0 unspecified atom stereocenters. The number of nitrogens with zero attached hydrogens (tertiary/aromatic N) is 2. The van der Waals surface area contributed by atoms with Crippen molar-refractivity contribution in [2.75, 3.05) is 0 Å². The molecule has 4 aromatic rings. The van der Waals surface area contributed by atoms with Crippen molar-refractivity contribution in [2.24, 2.45) is 5.92 Å². The molecule has 2 atom stereocenters. The van der Waals surface area contributed by atoms with Gasteiger partial charge in [-0.05, 0) is 36.1 Å². The fourth-order valence-electron chi connectivity index (χ4n) is 4.57. The van der Waals surface area contributed by atoms with Crippen LogP contribution in [0.4, 0.5) is 0 Å². The molecule has 0 fully saturated rings. The average Bonchev–Trinajstić information content (AvgIpc) is 3.14. The minimum absolute atomic E-state index is 0.190. The van der Waals surface area contributed by atoms with Crippen molar-refractivity contribution < 1.29 is 4.79 Å². The lowest BCUT2D eigenvalue weighted by atomic mass is 9.96. The third-order valence-corrected chi connectivity index (χ3v) is 6.49. The molecule has 0 saturated heterocycles. The molecule has 0 spiro atoms. The number of H-pyrrole nitrogens is 1. The average molecular weight is 469 g/mol. The zero-order chi connectivity index (χ0) is 22.6. The number of aromatic nitrogens is 3. The van der Waals surface area contributed by atoms with E-state index >= 15 is 0 Å². The highest BCUT2D eigenvalue weighted by atomic mass is 35.5. The lowest BCUT2D eigenvalue weighted by Crippen LogP contribution is -2.48. The second-order valence-corrected chi connectivity index (χ2v) is 9.54. The number of halogens is 2. The summed E-state index contributed by atoms with van der Waals surface area (Å²) in [4.78, 5) is 35.0. The number of nitrogens with one attached hydrogen (secondary N) is 2. The molecule has 2 N–H and O–H groups in total. The molecule has 164 valence electrons. The molecular formula is C24H22Cl2N4O2. The Morgan fingerprint density at radius 3 is 2.69 bits per heavy atom. The number of aromatic amines is 1. The smallest absolute Gasteiger partial charge is 0.262 e. The van der Waals surface area contributed by atoms with E-state index in [1.54, 1.807) is 16.7 Å². The van der Waals surface area contributed by atoms with Gasteiger partial charge in [0.15, 0.2) is 0 Å². The molecule has 2 aromatic heterocycles. The number of amides is 1. The maximum atomic E-state index is 13.7. The van der Waals surface area contributed by atoms with Crippen molar-refractivity contribution in [3.05, 3.63) is 74.4 Å². The van der Waals surface area contributed by atoms with Crippen LogP contribution in [0.5, 0.6) is 0 Å². The first kappa shape index (κ1) is 21.0. The van der Waals surface area contributed by atoms with Gasteiger partial charge < -0.3 is 10.3 Å². The monoisotopic (exact) mass is 468 g/mol. The number of rotatable bonds is 4. The molecule has 0 aliphatic carbocycles. The quantitative estimate of drug-likeness (QED) is 0.432. The van der Waals surface area contributed by atoms with Crippen LogP contribution in [0.3, 0.4) is 0 Å². The van der Waals surface area contributed by atoms with Crippen LogP contribution in [0, 0.1) is 5.92 Å². The molecule has 8 heteroatoms. The zero-order valence-corrected chi connectivity index (χ0v) is 19.2. The lowest BCUT2D eigenvalue weighted by Gasteiger charge is -2.33. The standard InChI is InChI=1S/C24H22Cl2N4O2/c1-12(2)7-19-22-29-21-16(9-14(25)10-17(21)26)24(32)30(22)20(23(31)28-19)8-13-11-27-18-6-4-3-5-15(13)18/h3-6,9-12,19-20,27H,7-8H2,1-2H3,(H,28,31)/t19-,20+/m0/s1. The SMILES string of the molecule is CC(C)C[C@@H]1NC(=O)[C@@H](Cc2c[nH]c3ccccc23)n2c1nc1c(Cl)cc(Cl)cc1c2=O. The Kier molecular flexibility index (Phi) is 5.22. The third-order valence-electron chi connectivity index (χ3n) is 5.99. The van der Waals surface area contributed by atoms with Crippen LogP contribution in [0.25, 0.3) is 21.8 Å². The fraction of sp³-hybridized carbons (Fsp3) is 0.292. The van der Waals surface area contributed by atoms with Gasteiger partial charge in [-0.15, -0.1) is 0 Å². The highest BCUT2D eigenvalue weighted by molar-refractivity contribution is 6.38. The summed E-state index contributed by atoms with van der Waals surface area (Å²) in [5.41, 5.74) is 2.05. The van der Waals surface area contributed by atoms with Gasteiger partial charge in [0.1, 0.15) is 11.9 Å². The largest absolute Gasteiger partial charge is 0.361 e. The van der Waals surface area contributed by atoms with Crippen LogP contribution in [-0.2, 0) is 11.2 Å². The second-order valence-electron chi connectivity index (χ2n) is 8.70. The Hall–Kier alpha value is -2.83. The van der Waals surface area contributed by atoms with Crippen molar-refractivity contribution in [1.29, 1.82) is 0 Å². The Morgan fingerprint density at radius 1 is 1.12 bits per heavy atom. The molecule has 0 radical (unpaired) electrons. The van der Waals surface area contributed by atoms with E-state index in [0.717, 1.165) is 16.5 Å². The number of para-hydroxylation sites is 1.